The molecule has 0 unspecified atom stereocenters. The van der Waals surface area contributed by atoms with Crippen molar-refractivity contribution < 1.29 is 18.3 Å². The molecular weight excluding hydrogens is 278 g/mol. The van der Waals surface area contributed by atoms with E-state index in [0.29, 0.717) is 6.42 Å². The van der Waals surface area contributed by atoms with E-state index in [2.05, 4.69) is 4.72 Å². The van der Waals surface area contributed by atoms with E-state index in [4.69, 9.17) is 5.11 Å². The van der Waals surface area contributed by atoms with E-state index in [1.54, 1.807) is 18.2 Å². The van der Waals surface area contributed by atoms with E-state index in [-0.39, 0.29) is 23.3 Å². The van der Waals surface area contributed by atoms with Gasteiger partial charge in [0.2, 0.25) is 10.0 Å². The number of fused-ring (bicyclic) bond motifs is 1. The number of sulfonamides is 1. The summed E-state index contributed by atoms with van der Waals surface area (Å²) in [4.78, 5) is 11.0. The lowest BCUT2D eigenvalue weighted by atomic mass is 10.0. The molecule has 1 aliphatic carbocycles. The average molecular weight is 297 g/mol. The summed E-state index contributed by atoms with van der Waals surface area (Å²) in [6, 6.07) is 4.60. The minimum absolute atomic E-state index is 0.0544. The summed E-state index contributed by atoms with van der Waals surface area (Å²) in [5, 5.41) is 9.02. The number of hydrogen-bond acceptors (Lipinski definition) is 3. The highest BCUT2D eigenvalue weighted by atomic mass is 32.2. The zero-order valence-corrected chi connectivity index (χ0v) is 12.4. The largest absolute Gasteiger partial charge is 0.478 e. The molecule has 6 heteroatoms. The van der Waals surface area contributed by atoms with Crippen LogP contribution < -0.4 is 4.72 Å². The number of benzene rings is 1. The lowest BCUT2D eigenvalue weighted by Gasteiger charge is -2.16. The Balaban J connectivity index is 2.23. The maximum Gasteiger partial charge on any atom is 0.335 e. The molecule has 2 rings (SSSR count). The Hall–Kier alpha value is -1.40. The first-order valence-electron chi connectivity index (χ1n) is 6.64. The quantitative estimate of drug-likeness (QED) is 0.870. The molecule has 0 saturated carbocycles. The van der Waals surface area contributed by atoms with Crippen molar-refractivity contribution >= 4 is 16.0 Å². The second-order valence-electron chi connectivity index (χ2n) is 5.60. The topological polar surface area (TPSA) is 83.5 Å². The van der Waals surface area contributed by atoms with Crippen LogP contribution in [0.1, 0.15) is 47.8 Å². The van der Waals surface area contributed by atoms with Crippen LogP contribution in [0.2, 0.25) is 0 Å². The summed E-state index contributed by atoms with van der Waals surface area (Å²) in [6.45, 7) is 3.70. The van der Waals surface area contributed by atoms with Crippen LogP contribution in [0.25, 0.3) is 0 Å². The van der Waals surface area contributed by atoms with Gasteiger partial charge in [0.05, 0.1) is 11.3 Å². The van der Waals surface area contributed by atoms with Crippen LogP contribution in [-0.2, 0) is 16.4 Å². The summed E-state index contributed by atoms with van der Waals surface area (Å²) in [5.41, 5.74) is 2.00. The van der Waals surface area contributed by atoms with E-state index >= 15 is 0 Å². The van der Waals surface area contributed by atoms with Gasteiger partial charge in [-0.25, -0.2) is 17.9 Å². The van der Waals surface area contributed by atoms with Gasteiger partial charge < -0.3 is 5.11 Å². The zero-order valence-electron chi connectivity index (χ0n) is 11.6. The van der Waals surface area contributed by atoms with Gasteiger partial charge in [0.25, 0.3) is 0 Å². The summed E-state index contributed by atoms with van der Waals surface area (Å²) in [5.74, 6) is -0.862. The maximum absolute atomic E-state index is 12.0. The minimum Gasteiger partial charge on any atom is -0.478 e. The van der Waals surface area contributed by atoms with Crippen LogP contribution in [0.4, 0.5) is 0 Å². The highest BCUT2D eigenvalue weighted by molar-refractivity contribution is 7.89. The van der Waals surface area contributed by atoms with E-state index in [1.807, 2.05) is 13.8 Å². The van der Waals surface area contributed by atoms with E-state index in [1.165, 1.54) is 0 Å². The molecule has 0 heterocycles. The van der Waals surface area contributed by atoms with Crippen molar-refractivity contribution in [2.45, 2.75) is 32.7 Å². The molecule has 0 aliphatic heterocycles. The molecule has 0 spiro atoms. The van der Waals surface area contributed by atoms with Gasteiger partial charge in [-0.3, -0.25) is 0 Å². The van der Waals surface area contributed by atoms with Gasteiger partial charge >= 0.3 is 5.97 Å². The first kappa shape index (κ1) is 15.0. The fraction of sp³-hybridized carbons (Fsp3) is 0.500. The molecule has 1 aromatic carbocycles. The van der Waals surface area contributed by atoms with Gasteiger partial charge in [-0.1, -0.05) is 19.9 Å². The van der Waals surface area contributed by atoms with Crippen LogP contribution in [0.15, 0.2) is 18.2 Å². The minimum atomic E-state index is -3.34. The Morgan fingerprint density at radius 3 is 2.75 bits per heavy atom. The number of carbonyl (C=O) groups is 1. The Labute approximate surface area is 119 Å². The SMILES string of the molecule is CC(C)CS(=O)(=O)N[C@@H]1CCc2ccc(C(=O)O)cc21. The lowest BCUT2D eigenvalue weighted by molar-refractivity contribution is 0.0696. The molecule has 20 heavy (non-hydrogen) atoms. The van der Waals surface area contributed by atoms with Gasteiger partial charge in [0.15, 0.2) is 0 Å². The van der Waals surface area contributed by atoms with Gasteiger partial charge in [0, 0.05) is 6.04 Å². The van der Waals surface area contributed by atoms with Gasteiger partial charge in [-0.15, -0.1) is 0 Å². The predicted molar refractivity (Wildman–Crippen MR) is 76.2 cm³/mol. The molecule has 5 nitrogen and oxygen atoms in total. The Morgan fingerprint density at radius 1 is 1.45 bits per heavy atom. The molecule has 0 saturated heterocycles. The third kappa shape index (κ3) is 3.37. The summed E-state index contributed by atoms with van der Waals surface area (Å²) in [7, 11) is -3.34. The molecule has 0 fully saturated rings. The van der Waals surface area contributed by atoms with Crippen LogP contribution in [0.3, 0.4) is 0 Å². The second kappa shape index (κ2) is 5.54. The molecule has 1 aliphatic rings. The second-order valence-corrected chi connectivity index (χ2v) is 7.40. The molecule has 2 N–H and O–H groups in total. The fourth-order valence-corrected chi connectivity index (χ4v) is 4.21. The molecule has 1 atom stereocenters. The first-order valence-corrected chi connectivity index (χ1v) is 8.30. The van der Waals surface area contributed by atoms with Crippen LogP contribution in [-0.4, -0.2) is 25.2 Å². The molecule has 0 aromatic heterocycles. The molecule has 110 valence electrons. The molecule has 0 radical (unpaired) electrons. The highest BCUT2D eigenvalue weighted by Crippen LogP contribution is 2.32. The van der Waals surface area contributed by atoms with Gasteiger partial charge in [-0.2, -0.15) is 0 Å². The third-order valence-electron chi connectivity index (χ3n) is 3.35. The summed E-state index contributed by atoms with van der Waals surface area (Å²) >= 11 is 0. The molecule has 0 bridgehead atoms. The van der Waals surface area contributed by atoms with E-state index < -0.39 is 16.0 Å². The van der Waals surface area contributed by atoms with Gasteiger partial charge in [0.1, 0.15) is 0 Å². The maximum atomic E-state index is 12.0. The number of carboxylic acids is 1. The summed E-state index contributed by atoms with van der Waals surface area (Å²) in [6.07, 6.45) is 1.44. The number of aromatic carboxylic acids is 1. The lowest BCUT2D eigenvalue weighted by Crippen LogP contribution is -2.31. The smallest absolute Gasteiger partial charge is 0.335 e. The van der Waals surface area contributed by atoms with Crippen molar-refractivity contribution in [2.75, 3.05) is 5.75 Å². The number of nitrogens with one attached hydrogen (secondary N) is 1. The molecule has 0 amide bonds. The number of carboxylic acid groups (broad SMARTS) is 1. The predicted octanol–water partition coefficient (Wildman–Crippen LogP) is 1.95. The monoisotopic (exact) mass is 297 g/mol. The normalized spacial score (nSPS) is 18.2. The molecule has 1 aromatic rings. The van der Waals surface area contributed by atoms with Crippen LogP contribution >= 0.6 is 0 Å². The van der Waals surface area contributed by atoms with Crippen molar-refractivity contribution in [3.8, 4) is 0 Å². The number of rotatable bonds is 5. The van der Waals surface area contributed by atoms with Crippen LogP contribution in [0.5, 0.6) is 0 Å². The first-order chi connectivity index (χ1) is 9.28. The van der Waals surface area contributed by atoms with Gasteiger partial charge in [-0.05, 0) is 42.0 Å². The van der Waals surface area contributed by atoms with E-state index in [9.17, 15) is 13.2 Å². The van der Waals surface area contributed by atoms with Crippen molar-refractivity contribution in [1.82, 2.24) is 4.72 Å². The highest BCUT2D eigenvalue weighted by Gasteiger charge is 2.27. The van der Waals surface area contributed by atoms with E-state index in [0.717, 1.165) is 17.5 Å². The Morgan fingerprint density at radius 2 is 2.15 bits per heavy atom. The average Bonchev–Trinajstić information content (AvgIpc) is 2.69. The van der Waals surface area contributed by atoms with Crippen molar-refractivity contribution in [3.05, 3.63) is 34.9 Å². The zero-order chi connectivity index (χ0) is 14.9. The molecular formula is C14H19NO4S. The fourth-order valence-electron chi connectivity index (χ4n) is 2.56. The Bertz CT molecular complexity index is 622. The summed E-state index contributed by atoms with van der Waals surface area (Å²) < 4.78 is 26.7. The van der Waals surface area contributed by atoms with Crippen molar-refractivity contribution in [2.24, 2.45) is 5.92 Å². The van der Waals surface area contributed by atoms with Crippen LogP contribution in [0, 0.1) is 5.92 Å². The van der Waals surface area contributed by atoms with Crippen molar-refractivity contribution in [1.29, 1.82) is 0 Å². The number of hydrogen-bond donors (Lipinski definition) is 2. The number of aryl methyl sites for hydroxylation is 1. The Kier molecular flexibility index (Phi) is 4.15. The van der Waals surface area contributed by atoms with Crippen molar-refractivity contribution in [3.63, 3.8) is 0 Å². The third-order valence-corrected chi connectivity index (χ3v) is 5.09. The standard InChI is InChI=1S/C14H19NO4S/c1-9(2)8-20(18,19)15-13-6-5-10-3-4-11(14(16)17)7-12(10)13/h3-4,7,9,13,15H,5-6,8H2,1-2H3,(H,16,17)/t13-/m1/s1.